The number of nitrogens with zero attached hydrogens (tertiary/aromatic N) is 4. The van der Waals surface area contributed by atoms with Gasteiger partial charge in [-0.1, -0.05) is 31.2 Å². The van der Waals surface area contributed by atoms with Crippen molar-refractivity contribution in [1.29, 1.82) is 0 Å². The van der Waals surface area contributed by atoms with E-state index in [4.69, 9.17) is 5.73 Å². The molecule has 1 aromatic carbocycles. The number of fused-ring (bicyclic) bond motifs is 1. The van der Waals surface area contributed by atoms with Crippen LogP contribution >= 0.6 is 11.8 Å². The number of nitrogens with one attached hydrogen (secondary N) is 1. The van der Waals surface area contributed by atoms with Gasteiger partial charge < -0.3 is 10.7 Å². The van der Waals surface area contributed by atoms with Crippen LogP contribution < -0.4 is 16.9 Å². The number of hydrogen-bond donors (Lipinski definition) is 2. The van der Waals surface area contributed by atoms with Crippen molar-refractivity contribution in [3.8, 4) is 0 Å². The summed E-state index contributed by atoms with van der Waals surface area (Å²) in [6.45, 7) is 1.82. The molecule has 3 N–H and O–H groups in total. The van der Waals surface area contributed by atoms with Crippen molar-refractivity contribution in [2.45, 2.75) is 31.5 Å². The van der Waals surface area contributed by atoms with Gasteiger partial charge in [0.05, 0.1) is 11.5 Å². The summed E-state index contributed by atoms with van der Waals surface area (Å²) in [7, 11) is 0. The first kappa shape index (κ1) is 20.5. The largest absolute Gasteiger partial charge is 0.382 e. The predicted molar refractivity (Wildman–Crippen MR) is 107 cm³/mol. The van der Waals surface area contributed by atoms with Crippen LogP contribution in [-0.4, -0.2) is 30.2 Å². The lowest BCUT2D eigenvalue weighted by Crippen LogP contribution is -2.37. The van der Waals surface area contributed by atoms with Gasteiger partial charge in [0, 0.05) is 11.8 Å². The zero-order chi connectivity index (χ0) is 21.1. The fraction of sp³-hybridized carbons (Fsp3) is 0.294. The highest BCUT2D eigenvalue weighted by atomic mass is 32.2. The molecule has 2 heterocycles. The topological polar surface area (TPSA) is 150 Å². The summed E-state index contributed by atoms with van der Waals surface area (Å²) < 4.78 is 14.7. The van der Waals surface area contributed by atoms with E-state index in [0.29, 0.717) is 5.16 Å². The van der Waals surface area contributed by atoms with Crippen LogP contribution in [0, 0.1) is 15.9 Å². The third-order valence-corrected chi connectivity index (χ3v) is 5.04. The van der Waals surface area contributed by atoms with E-state index in [1.54, 1.807) is 0 Å². The number of aromatic amines is 1. The number of nitrogen functional groups attached to an aromatic ring is 1. The molecule has 0 radical (unpaired) electrons. The highest BCUT2D eigenvalue weighted by Crippen LogP contribution is 2.22. The molecule has 29 heavy (non-hydrogen) atoms. The Morgan fingerprint density at radius 2 is 2.10 bits per heavy atom. The van der Waals surface area contributed by atoms with Crippen LogP contribution in [0.2, 0.25) is 0 Å². The number of halogens is 1. The second kappa shape index (κ2) is 8.39. The first-order valence-corrected chi connectivity index (χ1v) is 9.66. The molecule has 0 fully saturated rings. The van der Waals surface area contributed by atoms with E-state index in [1.165, 1.54) is 17.8 Å². The molecule has 152 valence electrons. The molecule has 0 amide bonds. The van der Waals surface area contributed by atoms with Gasteiger partial charge in [0.2, 0.25) is 5.82 Å². The molecule has 0 aliphatic heterocycles. The third-order valence-electron chi connectivity index (χ3n) is 4.11. The molecule has 10 nitrogen and oxygen atoms in total. The average Bonchev–Trinajstić information content (AvgIpc) is 2.67. The summed E-state index contributed by atoms with van der Waals surface area (Å²) >= 11 is 1.36. The first-order valence-electron chi connectivity index (χ1n) is 8.67. The summed E-state index contributed by atoms with van der Waals surface area (Å²) in [5, 5.41) is 11.3. The lowest BCUT2D eigenvalue weighted by atomic mass is 10.2. The maximum atomic E-state index is 13.6. The standard InChI is InChI=1S/C17H17FN6O4S/c1-2-3-6-29-17-21-13(19)12-14(22-17)23(16(26)15(25)20-12)8-9-4-5-10(18)11(7-9)24(27)28/h4-5,7H,2-3,6,8H2,1H3,(H,20,25)(H2,19,21,22). The zero-order valence-corrected chi connectivity index (χ0v) is 16.2. The number of nitro benzene ring substituents is 1. The van der Waals surface area contributed by atoms with Gasteiger partial charge in [0.25, 0.3) is 0 Å². The molecule has 0 atom stereocenters. The van der Waals surface area contributed by atoms with Crippen molar-refractivity contribution >= 4 is 34.4 Å². The van der Waals surface area contributed by atoms with Gasteiger partial charge >= 0.3 is 16.8 Å². The van der Waals surface area contributed by atoms with E-state index in [9.17, 15) is 24.1 Å². The van der Waals surface area contributed by atoms with Crippen molar-refractivity contribution in [3.63, 3.8) is 0 Å². The van der Waals surface area contributed by atoms with E-state index in [1.807, 2.05) is 6.92 Å². The zero-order valence-electron chi connectivity index (χ0n) is 15.3. The number of hydrogen-bond acceptors (Lipinski definition) is 8. The van der Waals surface area contributed by atoms with Gasteiger partial charge in [-0.3, -0.25) is 24.3 Å². The fourth-order valence-corrected chi connectivity index (χ4v) is 3.57. The SMILES string of the molecule is CCCCSc1nc(N)c2[nH]c(=O)c(=O)n(Cc3ccc(F)c([N+](=O)[O-])c3)c2n1. The summed E-state index contributed by atoms with van der Waals surface area (Å²) in [6.07, 6.45) is 1.92. The van der Waals surface area contributed by atoms with Crippen molar-refractivity contribution in [3.05, 3.63) is 60.4 Å². The molecule has 0 saturated heterocycles. The number of H-pyrrole nitrogens is 1. The molecule has 3 aromatic rings. The normalized spacial score (nSPS) is 11.1. The Morgan fingerprint density at radius 1 is 1.34 bits per heavy atom. The van der Waals surface area contributed by atoms with Crippen LogP contribution in [0.4, 0.5) is 15.9 Å². The number of thioether (sulfide) groups is 1. The molecule has 0 bridgehead atoms. The Morgan fingerprint density at radius 3 is 2.79 bits per heavy atom. The maximum Gasteiger partial charge on any atom is 0.318 e. The molecule has 0 saturated carbocycles. The number of unbranched alkanes of at least 4 members (excludes halogenated alkanes) is 1. The Balaban J connectivity index is 2.14. The minimum atomic E-state index is -0.997. The molecule has 0 unspecified atom stereocenters. The molecular weight excluding hydrogens is 403 g/mol. The lowest BCUT2D eigenvalue weighted by Gasteiger charge is -2.11. The van der Waals surface area contributed by atoms with Gasteiger partial charge in [0.1, 0.15) is 5.52 Å². The van der Waals surface area contributed by atoms with Crippen LogP contribution in [-0.2, 0) is 6.54 Å². The molecule has 0 spiro atoms. The molecular formula is C17H17FN6O4S. The van der Waals surface area contributed by atoms with Crippen LogP contribution in [0.5, 0.6) is 0 Å². The van der Waals surface area contributed by atoms with Crippen molar-refractivity contribution in [2.24, 2.45) is 0 Å². The van der Waals surface area contributed by atoms with Crippen LogP contribution in [0.15, 0.2) is 32.9 Å². The second-order valence-electron chi connectivity index (χ2n) is 6.18. The summed E-state index contributed by atoms with van der Waals surface area (Å²) in [4.78, 5) is 45.5. The molecule has 12 heteroatoms. The molecule has 2 aromatic heterocycles. The number of nitro groups is 1. The summed E-state index contributed by atoms with van der Waals surface area (Å²) in [5.41, 5.74) is 3.80. The predicted octanol–water partition coefficient (Wildman–Crippen LogP) is 2.05. The van der Waals surface area contributed by atoms with E-state index in [-0.39, 0.29) is 29.1 Å². The van der Waals surface area contributed by atoms with Crippen molar-refractivity contribution < 1.29 is 9.31 Å². The third kappa shape index (κ3) is 4.26. The number of aromatic nitrogens is 4. The molecule has 3 rings (SSSR count). The Bertz CT molecular complexity index is 1210. The number of nitrogens with two attached hydrogens (primary N) is 1. The van der Waals surface area contributed by atoms with Gasteiger partial charge in [-0.25, -0.2) is 9.97 Å². The summed E-state index contributed by atoms with van der Waals surface area (Å²) in [5.74, 6) is -0.243. The Kier molecular flexibility index (Phi) is 5.92. The Labute approximate surface area is 167 Å². The first-order chi connectivity index (χ1) is 13.8. The fourth-order valence-electron chi connectivity index (χ4n) is 2.64. The van der Waals surface area contributed by atoms with Gasteiger partial charge in [0.15, 0.2) is 16.6 Å². The maximum absolute atomic E-state index is 13.6. The van der Waals surface area contributed by atoms with E-state index in [2.05, 4.69) is 15.0 Å². The molecule has 0 aliphatic rings. The van der Waals surface area contributed by atoms with E-state index < -0.39 is 27.5 Å². The van der Waals surface area contributed by atoms with Crippen LogP contribution in [0.3, 0.4) is 0 Å². The minimum absolute atomic E-state index is 0.00457. The monoisotopic (exact) mass is 420 g/mol. The molecule has 0 aliphatic carbocycles. The number of benzene rings is 1. The Hall–Kier alpha value is -3.28. The van der Waals surface area contributed by atoms with Crippen molar-refractivity contribution in [2.75, 3.05) is 11.5 Å². The lowest BCUT2D eigenvalue weighted by molar-refractivity contribution is -0.387. The van der Waals surface area contributed by atoms with Gasteiger partial charge in [-0.15, -0.1) is 0 Å². The average molecular weight is 420 g/mol. The number of anilines is 1. The van der Waals surface area contributed by atoms with E-state index in [0.717, 1.165) is 35.3 Å². The second-order valence-corrected chi connectivity index (χ2v) is 7.24. The van der Waals surface area contributed by atoms with Gasteiger partial charge in [-0.05, 0) is 18.1 Å². The minimum Gasteiger partial charge on any atom is -0.382 e. The number of rotatable bonds is 7. The van der Waals surface area contributed by atoms with Crippen LogP contribution in [0.1, 0.15) is 25.3 Å². The van der Waals surface area contributed by atoms with Crippen molar-refractivity contribution in [1.82, 2.24) is 19.5 Å². The quantitative estimate of drug-likeness (QED) is 0.147. The van der Waals surface area contributed by atoms with Crippen LogP contribution in [0.25, 0.3) is 11.2 Å². The highest BCUT2D eigenvalue weighted by Gasteiger charge is 2.18. The van der Waals surface area contributed by atoms with E-state index >= 15 is 0 Å². The van der Waals surface area contributed by atoms with Gasteiger partial charge in [-0.2, -0.15) is 4.39 Å². The smallest absolute Gasteiger partial charge is 0.318 e. The summed E-state index contributed by atoms with van der Waals surface area (Å²) in [6, 6.07) is 3.24. The highest BCUT2D eigenvalue weighted by molar-refractivity contribution is 7.99.